The molecule has 1 aliphatic heterocycles. The maximum Gasteiger partial charge on any atom is 0.316 e. The Labute approximate surface area is 173 Å². The maximum absolute atomic E-state index is 12.4. The van der Waals surface area contributed by atoms with E-state index in [0.29, 0.717) is 30.3 Å². The summed E-state index contributed by atoms with van der Waals surface area (Å²) in [5.74, 6) is 0.622. The van der Waals surface area contributed by atoms with Crippen LogP contribution in [0.3, 0.4) is 0 Å². The van der Waals surface area contributed by atoms with Gasteiger partial charge in [-0.2, -0.15) is 0 Å². The van der Waals surface area contributed by atoms with Gasteiger partial charge in [0, 0.05) is 16.9 Å². The molecule has 0 aromatic heterocycles. The third kappa shape index (κ3) is 4.90. The minimum Gasteiger partial charge on any atom is -0.490 e. The molecule has 0 radical (unpaired) electrons. The highest BCUT2D eigenvalue weighted by molar-refractivity contribution is 8.00. The highest BCUT2D eigenvalue weighted by Crippen LogP contribution is 2.30. The van der Waals surface area contributed by atoms with Crippen LogP contribution in [0.4, 0.5) is 0 Å². The van der Waals surface area contributed by atoms with Crippen LogP contribution < -0.4 is 9.47 Å². The van der Waals surface area contributed by atoms with Crippen LogP contribution in [-0.4, -0.2) is 37.3 Å². The topological polar surface area (TPSA) is 61.8 Å². The van der Waals surface area contributed by atoms with E-state index in [1.54, 1.807) is 18.2 Å². The van der Waals surface area contributed by atoms with Gasteiger partial charge in [0.05, 0.1) is 19.0 Å². The quantitative estimate of drug-likeness (QED) is 0.340. The van der Waals surface area contributed by atoms with Crippen LogP contribution in [0.25, 0.3) is 10.8 Å². The minimum atomic E-state index is -0.425. The molecule has 0 unspecified atom stereocenters. The number of ether oxygens (including phenoxy) is 3. The lowest BCUT2D eigenvalue weighted by Crippen LogP contribution is -2.15. The van der Waals surface area contributed by atoms with Gasteiger partial charge in [-0.15, -0.1) is 11.8 Å². The van der Waals surface area contributed by atoms with Crippen molar-refractivity contribution in [3.8, 4) is 11.5 Å². The van der Waals surface area contributed by atoms with Crippen molar-refractivity contribution >= 4 is 34.3 Å². The van der Waals surface area contributed by atoms with E-state index in [0.717, 1.165) is 22.1 Å². The van der Waals surface area contributed by atoms with Gasteiger partial charge in [0.15, 0.2) is 23.9 Å². The molecular weight excluding hydrogens is 388 g/mol. The van der Waals surface area contributed by atoms with E-state index in [1.807, 2.05) is 42.5 Å². The van der Waals surface area contributed by atoms with Crippen LogP contribution in [0.1, 0.15) is 16.8 Å². The predicted octanol–water partition coefficient (Wildman–Crippen LogP) is 4.52. The summed E-state index contributed by atoms with van der Waals surface area (Å²) in [4.78, 5) is 25.4. The van der Waals surface area contributed by atoms with E-state index in [2.05, 4.69) is 0 Å². The first-order valence-electron chi connectivity index (χ1n) is 9.39. The maximum atomic E-state index is 12.4. The van der Waals surface area contributed by atoms with Gasteiger partial charge in [0.2, 0.25) is 0 Å². The molecule has 0 fully saturated rings. The van der Waals surface area contributed by atoms with Crippen LogP contribution in [0, 0.1) is 0 Å². The Morgan fingerprint density at radius 2 is 1.69 bits per heavy atom. The first-order chi connectivity index (χ1) is 14.2. The Morgan fingerprint density at radius 3 is 2.55 bits per heavy atom. The Bertz CT molecular complexity index is 1050. The zero-order chi connectivity index (χ0) is 20.1. The van der Waals surface area contributed by atoms with Gasteiger partial charge in [-0.3, -0.25) is 9.59 Å². The molecule has 5 nitrogen and oxygen atoms in total. The van der Waals surface area contributed by atoms with Crippen molar-refractivity contribution in [3.63, 3.8) is 0 Å². The molecule has 0 spiro atoms. The smallest absolute Gasteiger partial charge is 0.316 e. The minimum absolute atomic E-state index is 0.146. The van der Waals surface area contributed by atoms with Crippen LogP contribution in [0.5, 0.6) is 11.5 Å². The SMILES string of the molecule is O=C(CSc1ccc2ccccc2c1)OCC(=O)c1ccc2c(c1)OCCCO2. The molecule has 29 heavy (non-hydrogen) atoms. The van der Waals surface area contributed by atoms with Gasteiger partial charge in [-0.25, -0.2) is 0 Å². The van der Waals surface area contributed by atoms with Crippen molar-refractivity contribution in [2.75, 3.05) is 25.6 Å². The van der Waals surface area contributed by atoms with E-state index in [4.69, 9.17) is 14.2 Å². The number of hydrogen-bond acceptors (Lipinski definition) is 6. The number of hydrogen-bond donors (Lipinski definition) is 0. The molecular formula is C23H20O5S. The van der Waals surface area contributed by atoms with Crippen LogP contribution in [-0.2, 0) is 9.53 Å². The fourth-order valence-electron chi connectivity index (χ4n) is 3.01. The van der Waals surface area contributed by atoms with Crippen molar-refractivity contribution in [2.24, 2.45) is 0 Å². The lowest BCUT2D eigenvalue weighted by atomic mass is 10.1. The van der Waals surface area contributed by atoms with E-state index >= 15 is 0 Å². The molecule has 0 atom stereocenters. The van der Waals surface area contributed by atoms with Crippen molar-refractivity contribution in [3.05, 3.63) is 66.2 Å². The predicted molar refractivity (Wildman–Crippen MR) is 112 cm³/mol. The molecule has 6 heteroatoms. The zero-order valence-corrected chi connectivity index (χ0v) is 16.6. The average Bonchev–Trinajstić information content (AvgIpc) is 3.00. The second-order valence-electron chi connectivity index (χ2n) is 6.59. The monoisotopic (exact) mass is 408 g/mol. The number of Topliss-reactive ketones (excluding diaryl/α,β-unsaturated/α-hetero) is 1. The number of carbonyl (C=O) groups excluding carboxylic acids is 2. The highest BCUT2D eigenvalue weighted by Gasteiger charge is 2.15. The Morgan fingerprint density at radius 1 is 0.897 bits per heavy atom. The van der Waals surface area contributed by atoms with E-state index in [-0.39, 0.29) is 18.1 Å². The van der Waals surface area contributed by atoms with Crippen molar-refractivity contribution in [2.45, 2.75) is 11.3 Å². The standard InChI is InChI=1S/C23H20O5S/c24-20(18-7-9-21-22(13-18)27-11-3-10-26-21)14-28-23(25)15-29-19-8-6-16-4-1-2-5-17(16)12-19/h1-2,4-9,12-13H,3,10-11,14-15H2. The van der Waals surface area contributed by atoms with Gasteiger partial charge in [0.1, 0.15) is 0 Å². The molecule has 3 aromatic carbocycles. The third-order valence-electron chi connectivity index (χ3n) is 4.51. The number of thioether (sulfide) groups is 1. The van der Waals surface area contributed by atoms with E-state index in [9.17, 15) is 9.59 Å². The average molecular weight is 408 g/mol. The molecule has 0 saturated carbocycles. The summed E-state index contributed by atoms with van der Waals surface area (Å²) in [7, 11) is 0. The molecule has 4 rings (SSSR count). The lowest BCUT2D eigenvalue weighted by molar-refractivity contribution is -0.139. The number of benzene rings is 3. The van der Waals surface area contributed by atoms with Gasteiger partial charge in [-0.1, -0.05) is 30.3 Å². The molecule has 3 aromatic rings. The molecule has 148 valence electrons. The second kappa shape index (κ2) is 9.01. The largest absolute Gasteiger partial charge is 0.490 e. The summed E-state index contributed by atoms with van der Waals surface area (Å²) >= 11 is 1.39. The molecule has 0 N–H and O–H groups in total. The van der Waals surface area contributed by atoms with Gasteiger partial charge in [-0.05, 0) is 41.1 Å². The first kappa shape index (κ1) is 19.3. The van der Waals surface area contributed by atoms with Crippen LogP contribution in [0.2, 0.25) is 0 Å². The molecule has 0 aliphatic carbocycles. The number of esters is 1. The summed E-state index contributed by atoms with van der Waals surface area (Å²) in [6, 6.07) is 19.1. The molecule has 1 heterocycles. The van der Waals surface area contributed by atoms with Crippen LogP contribution in [0.15, 0.2) is 65.6 Å². The second-order valence-corrected chi connectivity index (χ2v) is 7.64. The fourth-order valence-corrected chi connectivity index (χ4v) is 3.75. The summed E-state index contributed by atoms with van der Waals surface area (Å²) in [6.07, 6.45) is 0.796. The van der Waals surface area contributed by atoms with E-state index in [1.165, 1.54) is 11.8 Å². The van der Waals surface area contributed by atoms with Crippen molar-refractivity contribution in [1.29, 1.82) is 0 Å². The first-order valence-corrected chi connectivity index (χ1v) is 10.4. The number of carbonyl (C=O) groups is 2. The van der Waals surface area contributed by atoms with Gasteiger partial charge in [0.25, 0.3) is 0 Å². The number of ketones is 1. The normalized spacial score (nSPS) is 13.0. The molecule has 1 aliphatic rings. The summed E-state index contributed by atoms with van der Waals surface area (Å²) in [5.41, 5.74) is 0.434. The summed E-state index contributed by atoms with van der Waals surface area (Å²) in [6.45, 7) is 0.842. The highest BCUT2D eigenvalue weighted by atomic mass is 32.2. The third-order valence-corrected chi connectivity index (χ3v) is 5.48. The van der Waals surface area contributed by atoms with Gasteiger partial charge >= 0.3 is 5.97 Å². The Hall–Kier alpha value is -2.99. The van der Waals surface area contributed by atoms with Gasteiger partial charge < -0.3 is 14.2 Å². The summed E-state index contributed by atoms with van der Waals surface area (Å²) < 4.78 is 16.3. The van der Waals surface area contributed by atoms with Crippen molar-refractivity contribution < 1.29 is 23.8 Å². The van der Waals surface area contributed by atoms with E-state index < -0.39 is 5.97 Å². The fraction of sp³-hybridized carbons (Fsp3) is 0.217. The molecule has 0 saturated heterocycles. The zero-order valence-electron chi connectivity index (χ0n) is 15.8. The number of fused-ring (bicyclic) bond motifs is 2. The Balaban J connectivity index is 1.29. The Kier molecular flexibility index (Phi) is 6.00. The number of rotatable bonds is 6. The van der Waals surface area contributed by atoms with Crippen LogP contribution >= 0.6 is 11.8 Å². The van der Waals surface area contributed by atoms with Crippen molar-refractivity contribution in [1.82, 2.24) is 0 Å². The lowest BCUT2D eigenvalue weighted by Gasteiger charge is -2.09. The molecule has 0 bridgehead atoms. The summed E-state index contributed by atoms with van der Waals surface area (Å²) in [5, 5.41) is 2.27. The molecule has 0 amide bonds.